The van der Waals surface area contributed by atoms with Crippen molar-refractivity contribution < 1.29 is 14.3 Å². The first kappa shape index (κ1) is 16.1. The number of carbonyl (C=O) groups is 2. The standard InChI is InChI=1S/C15H18N4O3/c1-11-12(9-16)14(20)18(2)15(21)13(11)10-17-3-4-19-5-7-22-8-6-19/h3,10H,4-8H2,1-2H3. The normalized spacial score (nSPS) is 22.8. The predicted molar refractivity (Wildman–Crippen MR) is 79.9 cm³/mol. The summed E-state index contributed by atoms with van der Waals surface area (Å²) in [6, 6.07) is 1.85. The maximum Gasteiger partial charge on any atom is 0.271 e. The Bertz CT molecular complexity index is 607. The first-order chi connectivity index (χ1) is 10.6. The van der Waals surface area contributed by atoms with Crippen molar-refractivity contribution in [3.63, 3.8) is 0 Å². The maximum atomic E-state index is 12.1. The van der Waals surface area contributed by atoms with Gasteiger partial charge in [0.05, 0.1) is 18.8 Å². The molecule has 2 aliphatic rings. The summed E-state index contributed by atoms with van der Waals surface area (Å²) in [4.78, 5) is 31.2. The zero-order chi connectivity index (χ0) is 16.1. The van der Waals surface area contributed by atoms with Crippen LogP contribution in [0.4, 0.5) is 0 Å². The molecule has 0 aromatic heterocycles. The second-order valence-electron chi connectivity index (χ2n) is 5.07. The zero-order valence-electron chi connectivity index (χ0n) is 12.7. The second kappa shape index (κ2) is 7.11. The van der Waals surface area contributed by atoms with Gasteiger partial charge >= 0.3 is 0 Å². The van der Waals surface area contributed by atoms with Gasteiger partial charge in [-0.2, -0.15) is 5.26 Å². The summed E-state index contributed by atoms with van der Waals surface area (Å²) in [6.45, 7) is 5.41. The van der Waals surface area contributed by atoms with E-state index in [2.05, 4.69) is 9.89 Å². The average Bonchev–Trinajstić information content (AvgIpc) is 2.54. The highest BCUT2D eigenvalue weighted by molar-refractivity contribution is 6.17. The third-order valence-electron chi connectivity index (χ3n) is 3.70. The Hall–Kier alpha value is -2.30. The van der Waals surface area contributed by atoms with E-state index in [-0.39, 0.29) is 11.1 Å². The van der Waals surface area contributed by atoms with E-state index < -0.39 is 11.8 Å². The number of aliphatic imine (C=N–C) groups is 1. The molecule has 0 bridgehead atoms. The quantitative estimate of drug-likeness (QED) is 0.420. The van der Waals surface area contributed by atoms with Crippen molar-refractivity contribution in [3.05, 3.63) is 22.9 Å². The third-order valence-corrected chi connectivity index (χ3v) is 3.70. The summed E-state index contributed by atoms with van der Waals surface area (Å²) in [5.41, 5.74) is 0.632. The summed E-state index contributed by atoms with van der Waals surface area (Å²) in [7, 11) is 1.36. The first-order valence-electron chi connectivity index (χ1n) is 7.02. The van der Waals surface area contributed by atoms with Gasteiger partial charge < -0.3 is 4.74 Å². The van der Waals surface area contributed by atoms with Gasteiger partial charge in [-0.05, 0) is 12.5 Å². The van der Waals surface area contributed by atoms with Crippen LogP contribution in [0, 0.1) is 11.3 Å². The lowest BCUT2D eigenvalue weighted by atomic mass is 9.97. The van der Waals surface area contributed by atoms with Crippen molar-refractivity contribution in [3.8, 4) is 6.07 Å². The fourth-order valence-corrected chi connectivity index (χ4v) is 2.25. The minimum absolute atomic E-state index is 0.0169. The van der Waals surface area contributed by atoms with Gasteiger partial charge in [0.25, 0.3) is 11.8 Å². The molecule has 0 spiro atoms. The summed E-state index contributed by atoms with van der Waals surface area (Å²) in [6.07, 6.45) is 3.12. The van der Waals surface area contributed by atoms with Crippen LogP contribution in [-0.4, -0.2) is 67.7 Å². The Kier molecular flexibility index (Phi) is 5.20. The number of carbonyl (C=O) groups excluding carboxylic acids is 2. The van der Waals surface area contributed by atoms with Gasteiger partial charge in [-0.1, -0.05) is 0 Å². The molecule has 0 radical (unpaired) electrons. The second-order valence-corrected chi connectivity index (χ2v) is 5.07. The molecule has 0 atom stereocenters. The number of nitrogens with zero attached hydrogens (tertiary/aromatic N) is 4. The van der Waals surface area contributed by atoms with E-state index in [1.807, 2.05) is 6.07 Å². The van der Waals surface area contributed by atoms with E-state index in [1.54, 1.807) is 13.1 Å². The summed E-state index contributed by atoms with van der Waals surface area (Å²) < 4.78 is 5.26. The van der Waals surface area contributed by atoms with E-state index in [4.69, 9.17) is 10.00 Å². The number of nitriles is 1. The number of imide groups is 1. The fraction of sp³-hybridized carbons (Fsp3) is 0.467. The van der Waals surface area contributed by atoms with Crippen LogP contribution in [-0.2, 0) is 14.3 Å². The van der Waals surface area contributed by atoms with Crippen LogP contribution in [0.3, 0.4) is 0 Å². The van der Waals surface area contributed by atoms with Gasteiger partial charge in [0.1, 0.15) is 11.6 Å². The smallest absolute Gasteiger partial charge is 0.271 e. The lowest BCUT2D eigenvalue weighted by Crippen LogP contribution is -2.39. The van der Waals surface area contributed by atoms with E-state index >= 15 is 0 Å². The number of ether oxygens (including phenoxy) is 1. The monoisotopic (exact) mass is 302 g/mol. The number of hydrogen-bond donors (Lipinski definition) is 0. The van der Waals surface area contributed by atoms with Gasteiger partial charge in [0.15, 0.2) is 0 Å². The van der Waals surface area contributed by atoms with Crippen LogP contribution in [0.1, 0.15) is 6.92 Å². The van der Waals surface area contributed by atoms with Crippen LogP contribution >= 0.6 is 0 Å². The molecule has 7 nitrogen and oxygen atoms in total. The van der Waals surface area contributed by atoms with Crippen LogP contribution in [0.25, 0.3) is 0 Å². The molecule has 116 valence electrons. The van der Waals surface area contributed by atoms with Crippen LogP contribution in [0.5, 0.6) is 0 Å². The van der Waals surface area contributed by atoms with Gasteiger partial charge in [-0.25, -0.2) is 0 Å². The molecule has 0 aromatic rings. The zero-order valence-corrected chi connectivity index (χ0v) is 12.7. The van der Waals surface area contributed by atoms with E-state index in [1.165, 1.54) is 13.2 Å². The summed E-state index contributed by atoms with van der Waals surface area (Å²) in [5.74, 6) is -1.01. The molecule has 0 N–H and O–H groups in total. The van der Waals surface area contributed by atoms with Crippen LogP contribution < -0.4 is 0 Å². The van der Waals surface area contributed by atoms with E-state index in [9.17, 15) is 9.59 Å². The van der Waals surface area contributed by atoms with E-state index in [0.717, 1.165) is 18.0 Å². The number of morpholine rings is 1. The first-order valence-corrected chi connectivity index (χ1v) is 7.02. The number of rotatable bonds is 3. The molecule has 1 saturated heterocycles. The summed E-state index contributed by atoms with van der Waals surface area (Å²) in [5, 5.41) is 9.04. The number of hydrogen-bond acceptors (Lipinski definition) is 6. The van der Waals surface area contributed by atoms with Crippen molar-refractivity contribution in [2.45, 2.75) is 6.92 Å². The predicted octanol–water partition coefficient (Wildman–Crippen LogP) is 0.112. The molecule has 2 amide bonds. The molecular formula is C15H18N4O3. The van der Waals surface area contributed by atoms with Crippen molar-refractivity contribution in [1.82, 2.24) is 9.80 Å². The Labute approximate surface area is 129 Å². The molecule has 0 aromatic carbocycles. The topological polar surface area (TPSA) is 86.0 Å². The van der Waals surface area contributed by atoms with E-state index in [0.29, 0.717) is 25.3 Å². The largest absolute Gasteiger partial charge is 0.379 e. The van der Waals surface area contributed by atoms with Gasteiger partial charge in [-0.3, -0.25) is 24.4 Å². The highest BCUT2D eigenvalue weighted by Crippen LogP contribution is 2.23. The average molecular weight is 302 g/mol. The Morgan fingerprint density at radius 1 is 1.32 bits per heavy atom. The maximum absolute atomic E-state index is 12.1. The summed E-state index contributed by atoms with van der Waals surface area (Å²) >= 11 is 0. The molecule has 7 heteroatoms. The lowest BCUT2D eigenvalue weighted by molar-refractivity contribution is -0.138. The van der Waals surface area contributed by atoms with Crippen molar-refractivity contribution in [2.75, 3.05) is 39.9 Å². The Balaban J connectivity index is 2.12. The molecule has 2 heterocycles. The third kappa shape index (κ3) is 3.30. The number of likely N-dealkylation sites (N-methyl/N-ethyl adjacent to an activating group) is 1. The fourth-order valence-electron chi connectivity index (χ4n) is 2.25. The van der Waals surface area contributed by atoms with Crippen LogP contribution in [0.2, 0.25) is 0 Å². The highest BCUT2D eigenvalue weighted by atomic mass is 16.5. The van der Waals surface area contributed by atoms with Gasteiger partial charge in [-0.15, -0.1) is 0 Å². The molecule has 0 unspecified atom stereocenters. The van der Waals surface area contributed by atoms with Crippen LogP contribution in [0.15, 0.2) is 27.9 Å². The molecule has 0 saturated carbocycles. The Morgan fingerprint density at radius 3 is 2.64 bits per heavy atom. The molecule has 0 aliphatic carbocycles. The molecule has 1 fully saturated rings. The SMILES string of the molecule is CC1=C(C#N)C(=O)N(C)C(=O)C1=CN=CCN1CCOCC1. The minimum Gasteiger partial charge on any atom is -0.379 e. The van der Waals surface area contributed by atoms with Gasteiger partial charge in [0, 0.05) is 39.1 Å². The lowest BCUT2D eigenvalue weighted by Gasteiger charge is -2.24. The molecule has 22 heavy (non-hydrogen) atoms. The van der Waals surface area contributed by atoms with Gasteiger partial charge in [0.2, 0.25) is 0 Å². The highest BCUT2D eigenvalue weighted by Gasteiger charge is 2.32. The molecular weight excluding hydrogens is 284 g/mol. The number of amides is 2. The van der Waals surface area contributed by atoms with Crippen molar-refractivity contribution >= 4 is 18.0 Å². The van der Waals surface area contributed by atoms with Crippen molar-refractivity contribution in [1.29, 1.82) is 5.26 Å². The molecule has 2 aliphatic heterocycles. The molecule has 2 rings (SSSR count). The van der Waals surface area contributed by atoms with Crippen molar-refractivity contribution in [2.24, 2.45) is 4.99 Å². The Morgan fingerprint density at radius 2 is 2.00 bits per heavy atom. The minimum atomic E-state index is -0.570.